The number of rotatable bonds is 2. The molecule has 0 atom stereocenters. The zero-order chi connectivity index (χ0) is 16.1. The van der Waals surface area contributed by atoms with Gasteiger partial charge >= 0.3 is 6.03 Å². The van der Waals surface area contributed by atoms with E-state index in [-0.39, 0.29) is 0 Å². The highest BCUT2D eigenvalue weighted by Gasteiger charge is 2.09. The molecule has 3 N–H and O–H groups in total. The molecule has 0 saturated carbocycles. The third kappa shape index (κ3) is 3.99. The molecule has 6 heteroatoms. The summed E-state index contributed by atoms with van der Waals surface area (Å²) in [6, 6.07) is 11.7. The molecule has 2 aromatic carbocycles. The molecule has 0 aliphatic rings. The van der Waals surface area contributed by atoms with E-state index in [1.165, 1.54) is 0 Å². The molecule has 0 aliphatic heterocycles. The minimum absolute atomic E-state index is 0.391. The fourth-order valence-electron chi connectivity index (χ4n) is 1.79. The Balaban J connectivity index is 1.91. The number of halogens is 1. The molecule has 0 saturated heterocycles. The van der Waals surface area contributed by atoms with Crippen molar-refractivity contribution in [1.82, 2.24) is 10.9 Å². The molecule has 0 unspecified atom stereocenters. The molecular formula is C16H16ClN3O2. The zero-order valence-electron chi connectivity index (χ0n) is 12.2. The number of hydrogen-bond acceptors (Lipinski definition) is 2. The highest BCUT2D eigenvalue weighted by molar-refractivity contribution is 6.31. The van der Waals surface area contributed by atoms with E-state index >= 15 is 0 Å². The second-order valence-electron chi connectivity index (χ2n) is 4.81. The summed E-state index contributed by atoms with van der Waals surface area (Å²) in [5.41, 5.74) is 7.49. The van der Waals surface area contributed by atoms with Gasteiger partial charge in [-0.3, -0.25) is 10.2 Å². The van der Waals surface area contributed by atoms with Gasteiger partial charge in [0.05, 0.1) is 0 Å². The van der Waals surface area contributed by atoms with E-state index in [9.17, 15) is 9.59 Å². The molecule has 2 rings (SSSR count). The third-order valence-corrected chi connectivity index (χ3v) is 3.53. The largest absolute Gasteiger partial charge is 0.337 e. The standard InChI is InChI=1S/C16H16ClN3O2/c1-10-6-8-12(9-7-10)15(21)19-20-16(22)18-14-5-3-4-13(17)11(14)2/h3-9H,1-2H3,(H,19,21)(H2,18,20,22). The van der Waals surface area contributed by atoms with E-state index in [1.807, 2.05) is 19.1 Å². The van der Waals surface area contributed by atoms with E-state index in [0.717, 1.165) is 11.1 Å². The summed E-state index contributed by atoms with van der Waals surface area (Å²) in [7, 11) is 0. The second kappa shape index (κ2) is 6.95. The van der Waals surface area contributed by atoms with E-state index in [2.05, 4.69) is 16.2 Å². The first-order valence-electron chi connectivity index (χ1n) is 6.66. The Morgan fingerprint density at radius 1 is 0.955 bits per heavy atom. The highest BCUT2D eigenvalue weighted by atomic mass is 35.5. The number of urea groups is 1. The lowest BCUT2D eigenvalue weighted by molar-refractivity contribution is 0.0938. The van der Waals surface area contributed by atoms with Crippen LogP contribution in [0.1, 0.15) is 21.5 Å². The topological polar surface area (TPSA) is 70.2 Å². The maximum Gasteiger partial charge on any atom is 0.337 e. The Kier molecular flexibility index (Phi) is 5.01. The molecule has 3 amide bonds. The van der Waals surface area contributed by atoms with Gasteiger partial charge in [-0.15, -0.1) is 0 Å². The summed E-state index contributed by atoms with van der Waals surface area (Å²) in [6.45, 7) is 3.73. The maximum atomic E-state index is 11.9. The van der Waals surface area contributed by atoms with E-state index in [0.29, 0.717) is 16.3 Å². The van der Waals surface area contributed by atoms with Crippen LogP contribution < -0.4 is 16.2 Å². The Morgan fingerprint density at radius 3 is 2.32 bits per heavy atom. The van der Waals surface area contributed by atoms with Crippen molar-refractivity contribution < 1.29 is 9.59 Å². The lowest BCUT2D eigenvalue weighted by atomic mass is 10.1. The van der Waals surface area contributed by atoms with Gasteiger partial charge in [-0.1, -0.05) is 35.4 Å². The molecule has 5 nitrogen and oxygen atoms in total. The number of amides is 3. The zero-order valence-corrected chi connectivity index (χ0v) is 13.0. The molecular weight excluding hydrogens is 302 g/mol. The minimum atomic E-state index is -0.550. The van der Waals surface area contributed by atoms with Crippen LogP contribution in [0, 0.1) is 13.8 Å². The molecule has 0 aliphatic carbocycles. The molecule has 0 fully saturated rings. The van der Waals surface area contributed by atoms with Gasteiger partial charge in [0.1, 0.15) is 0 Å². The van der Waals surface area contributed by atoms with Gasteiger partial charge in [-0.2, -0.15) is 0 Å². The number of carbonyl (C=O) groups is 2. The van der Waals surface area contributed by atoms with Gasteiger partial charge in [0.25, 0.3) is 5.91 Å². The first-order valence-corrected chi connectivity index (χ1v) is 7.04. The van der Waals surface area contributed by atoms with Crippen molar-refractivity contribution in [1.29, 1.82) is 0 Å². The average Bonchev–Trinajstić information content (AvgIpc) is 2.50. The van der Waals surface area contributed by atoms with E-state index in [4.69, 9.17) is 11.6 Å². The summed E-state index contributed by atoms with van der Waals surface area (Å²) < 4.78 is 0. The molecule has 0 bridgehead atoms. The van der Waals surface area contributed by atoms with Crippen molar-refractivity contribution >= 4 is 29.2 Å². The summed E-state index contributed by atoms with van der Waals surface area (Å²) in [6.07, 6.45) is 0. The van der Waals surface area contributed by atoms with Gasteiger partial charge in [-0.25, -0.2) is 10.2 Å². The normalized spacial score (nSPS) is 9.95. The Bertz CT molecular complexity index is 699. The molecule has 114 valence electrons. The summed E-state index contributed by atoms with van der Waals surface area (Å²) in [4.78, 5) is 23.6. The Morgan fingerprint density at radius 2 is 1.64 bits per heavy atom. The quantitative estimate of drug-likeness (QED) is 0.743. The summed E-state index contributed by atoms with van der Waals surface area (Å²) in [5, 5.41) is 3.17. The van der Waals surface area contributed by atoms with E-state index < -0.39 is 11.9 Å². The van der Waals surface area contributed by atoms with Crippen molar-refractivity contribution in [2.45, 2.75) is 13.8 Å². The molecule has 2 aromatic rings. The minimum Gasteiger partial charge on any atom is -0.306 e. The van der Waals surface area contributed by atoms with E-state index in [1.54, 1.807) is 37.3 Å². The molecule has 0 radical (unpaired) electrons. The highest BCUT2D eigenvalue weighted by Crippen LogP contribution is 2.22. The number of hydrazine groups is 1. The van der Waals surface area contributed by atoms with Crippen LogP contribution in [0.2, 0.25) is 5.02 Å². The monoisotopic (exact) mass is 317 g/mol. The van der Waals surface area contributed by atoms with Crippen LogP contribution >= 0.6 is 11.6 Å². The summed E-state index contributed by atoms with van der Waals surface area (Å²) >= 11 is 5.98. The Hall–Kier alpha value is -2.53. The first-order chi connectivity index (χ1) is 10.5. The number of benzene rings is 2. The van der Waals surface area contributed by atoms with Crippen LogP contribution in [0.5, 0.6) is 0 Å². The average molecular weight is 318 g/mol. The third-order valence-electron chi connectivity index (χ3n) is 3.12. The number of carbonyl (C=O) groups excluding carboxylic acids is 2. The predicted molar refractivity (Wildman–Crippen MR) is 87.0 cm³/mol. The lowest BCUT2D eigenvalue weighted by Gasteiger charge is -2.11. The second-order valence-corrected chi connectivity index (χ2v) is 5.22. The van der Waals surface area contributed by atoms with Gasteiger partial charge in [0.15, 0.2) is 0 Å². The SMILES string of the molecule is Cc1ccc(C(=O)NNC(=O)Nc2cccc(Cl)c2C)cc1. The van der Waals surface area contributed by atoms with Crippen LogP contribution in [0.25, 0.3) is 0 Å². The molecule has 0 heterocycles. The molecule has 0 aromatic heterocycles. The van der Waals surface area contributed by atoms with Crippen molar-refractivity contribution in [3.63, 3.8) is 0 Å². The van der Waals surface area contributed by atoms with Crippen molar-refractivity contribution in [3.8, 4) is 0 Å². The van der Waals surface area contributed by atoms with Gasteiger partial charge in [-0.05, 0) is 43.7 Å². The first kappa shape index (κ1) is 15.9. The van der Waals surface area contributed by atoms with Crippen LogP contribution in [0.4, 0.5) is 10.5 Å². The van der Waals surface area contributed by atoms with Crippen molar-refractivity contribution in [3.05, 3.63) is 64.2 Å². The van der Waals surface area contributed by atoms with Crippen molar-refractivity contribution in [2.24, 2.45) is 0 Å². The fourth-order valence-corrected chi connectivity index (χ4v) is 1.96. The fraction of sp³-hybridized carbons (Fsp3) is 0.125. The van der Waals surface area contributed by atoms with Gasteiger partial charge < -0.3 is 5.32 Å². The number of anilines is 1. The number of aryl methyl sites for hydroxylation is 1. The van der Waals surface area contributed by atoms with Crippen LogP contribution in [-0.4, -0.2) is 11.9 Å². The number of nitrogens with one attached hydrogen (secondary N) is 3. The van der Waals surface area contributed by atoms with Crippen LogP contribution in [0.15, 0.2) is 42.5 Å². The van der Waals surface area contributed by atoms with Gasteiger partial charge in [0, 0.05) is 16.3 Å². The number of hydrogen-bond donors (Lipinski definition) is 3. The van der Waals surface area contributed by atoms with Gasteiger partial charge in [0.2, 0.25) is 0 Å². The maximum absolute atomic E-state index is 11.9. The van der Waals surface area contributed by atoms with Crippen LogP contribution in [0.3, 0.4) is 0 Å². The molecule has 22 heavy (non-hydrogen) atoms. The lowest BCUT2D eigenvalue weighted by Crippen LogP contribution is -2.44. The summed E-state index contributed by atoms with van der Waals surface area (Å²) in [5.74, 6) is -0.391. The molecule has 0 spiro atoms. The smallest absolute Gasteiger partial charge is 0.306 e. The Labute approximate surface area is 133 Å². The predicted octanol–water partition coefficient (Wildman–Crippen LogP) is 3.42. The van der Waals surface area contributed by atoms with Crippen molar-refractivity contribution in [2.75, 3.05) is 5.32 Å². The van der Waals surface area contributed by atoms with Crippen LogP contribution in [-0.2, 0) is 0 Å².